The van der Waals surface area contributed by atoms with Crippen LogP contribution in [0, 0.1) is 10.1 Å². The molecule has 1 heterocycles. The molecule has 0 aliphatic carbocycles. The number of carbonyl (C=O) groups is 1. The molecule has 0 saturated carbocycles. The average Bonchev–Trinajstić information content (AvgIpc) is 2.87. The quantitative estimate of drug-likeness (QED) is 0.171. The Morgan fingerprint density at radius 3 is 2.16 bits per heavy atom. The normalized spacial score (nSPS) is 11.6. The highest BCUT2D eigenvalue weighted by Gasteiger charge is 2.32. The molecule has 0 spiro atoms. The average molecular weight is 532 g/mol. The summed E-state index contributed by atoms with van der Waals surface area (Å²) in [6.07, 6.45) is -2.74. The molecule has 11 heteroatoms. The second-order valence-electron chi connectivity index (χ2n) is 8.97. The molecule has 0 saturated heterocycles. The Morgan fingerprint density at radius 1 is 1.00 bits per heavy atom. The third kappa shape index (κ3) is 7.67. The molecule has 3 rings (SSSR count). The maximum atomic E-state index is 12.9. The van der Waals surface area contributed by atoms with E-state index in [2.05, 4.69) is 4.98 Å². The van der Waals surface area contributed by atoms with E-state index in [-0.39, 0.29) is 18.8 Å². The lowest BCUT2D eigenvalue weighted by molar-refractivity contribution is -0.385. The first-order chi connectivity index (χ1) is 17.9. The van der Waals surface area contributed by atoms with E-state index in [0.29, 0.717) is 30.1 Å². The summed E-state index contributed by atoms with van der Waals surface area (Å²) in [6.45, 7) is 5.88. The van der Waals surface area contributed by atoms with E-state index in [1.807, 2.05) is 17.0 Å². The Bertz CT molecular complexity index is 1230. The van der Waals surface area contributed by atoms with Gasteiger partial charge in [-0.15, -0.1) is 0 Å². The van der Waals surface area contributed by atoms with Gasteiger partial charge in [0.15, 0.2) is 5.60 Å². The Balaban J connectivity index is 1.74. The molecule has 0 bridgehead atoms. The summed E-state index contributed by atoms with van der Waals surface area (Å²) < 4.78 is 49.6. The molecule has 1 aromatic heterocycles. The zero-order valence-corrected chi connectivity index (χ0v) is 21.2. The zero-order chi connectivity index (χ0) is 27.9. The molecule has 38 heavy (non-hydrogen) atoms. The van der Waals surface area contributed by atoms with Crippen LogP contribution in [-0.4, -0.2) is 34.6 Å². The van der Waals surface area contributed by atoms with Gasteiger partial charge in [-0.3, -0.25) is 10.1 Å². The molecule has 0 atom stereocenters. The van der Waals surface area contributed by atoms with Crippen molar-refractivity contribution in [3.05, 3.63) is 93.7 Å². The third-order valence-corrected chi connectivity index (χ3v) is 5.66. The van der Waals surface area contributed by atoms with Crippen molar-refractivity contribution < 1.29 is 32.4 Å². The second kappa shape index (κ2) is 11.9. The highest BCUT2D eigenvalue weighted by molar-refractivity contribution is 5.79. The van der Waals surface area contributed by atoms with Crippen molar-refractivity contribution >= 4 is 17.5 Å². The maximum Gasteiger partial charge on any atom is 0.416 e. The van der Waals surface area contributed by atoms with E-state index in [9.17, 15) is 28.1 Å². The number of alkyl halides is 3. The summed E-state index contributed by atoms with van der Waals surface area (Å²) in [5.74, 6) is 0.468. The number of hydrogen-bond donors (Lipinski definition) is 0. The van der Waals surface area contributed by atoms with Crippen molar-refractivity contribution in [2.75, 3.05) is 18.1 Å². The minimum Gasteiger partial charge on any atom is -0.476 e. The smallest absolute Gasteiger partial charge is 0.416 e. The van der Waals surface area contributed by atoms with Gasteiger partial charge in [-0.2, -0.15) is 13.2 Å². The van der Waals surface area contributed by atoms with Crippen LogP contribution in [0.1, 0.15) is 37.5 Å². The van der Waals surface area contributed by atoms with Crippen molar-refractivity contribution in [3.63, 3.8) is 0 Å². The largest absolute Gasteiger partial charge is 0.476 e. The van der Waals surface area contributed by atoms with Crippen LogP contribution in [0.4, 0.5) is 24.7 Å². The first-order valence-electron chi connectivity index (χ1n) is 11.9. The first kappa shape index (κ1) is 28.4. The lowest BCUT2D eigenvalue weighted by atomic mass is 10.1. The number of halogens is 3. The number of nitro groups is 1. The van der Waals surface area contributed by atoms with Crippen LogP contribution in [0.15, 0.2) is 66.9 Å². The SMILES string of the molecule is CCOC(=O)C(C)(C)Oc1ccc(CCN(Cc2ccc(C(F)(F)F)cc2)c2ccc([N+](=O)[O-])cn2)cc1. The molecule has 0 aliphatic rings. The van der Waals surface area contributed by atoms with Crippen LogP contribution >= 0.6 is 0 Å². The number of nitrogens with zero attached hydrogens (tertiary/aromatic N) is 3. The van der Waals surface area contributed by atoms with Gasteiger partial charge in [0.2, 0.25) is 0 Å². The first-order valence-corrected chi connectivity index (χ1v) is 11.9. The topological polar surface area (TPSA) is 94.8 Å². The molecule has 202 valence electrons. The summed E-state index contributed by atoms with van der Waals surface area (Å²) in [4.78, 5) is 28.6. The Hall–Kier alpha value is -4.15. The van der Waals surface area contributed by atoms with Crippen LogP contribution in [0.25, 0.3) is 0 Å². The molecule has 0 fully saturated rings. The number of hydrogen-bond acceptors (Lipinski definition) is 7. The number of esters is 1. The Labute approximate surface area is 218 Å². The van der Waals surface area contributed by atoms with Crippen molar-refractivity contribution in [1.82, 2.24) is 4.98 Å². The summed E-state index contributed by atoms with van der Waals surface area (Å²) in [5.41, 5.74) is -0.495. The number of anilines is 1. The van der Waals surface area contributed by atoms with E-state index >= 15 is 0 Å². The second-order valence-corrected chi connectivity index (χ2v) is 8.97. The minimum absolute atomic E-state index is 0.162. The van der Waals surface area contributed by atoms with E-state index in [0.717, 1.165) is 23.9 Å². The molecule has 0 radical (unpaired) electrons. The number of benzene rings is 2. The maximum absolute atomic E-state index is 12.9. The van der Waals surface area contributed by atoms with Crippen molar-refractivity contribution in [3.8, 4) is 5.75 Å². The van der Waals surface area contributed by atoms with E-state index < -0.39 is 28.2 Å². The number of rotatable bonds is 11. The molecule has 0 N–H and O–H groups in total. The van der Waals surface area contributed by atoms with Gasteiger partial charge >= 0.3 is 12.1 Å². The Morgan fingerprint density at radius 2 is 1.63 bits per heavy atom. The summed E-state index contributed by atoms with van der Waals surface area (Å²) in [7, 11) is 0. The van der Waals surface area contributed by atoms with Gasteiger partial charge in [-0.25, -0.2) is 9.78 Å². The summed E-state index contributed by atoms with van der Waals surface area (Å²) >= 11 is 0. The fraction of sp³-hybridized carbons (Fsp3) is 0.333. The fourth-order valence-electron chi connectivity index (χ4n) is 3.60. The van der Waals surface area contributed by atoms with Crippen LogP contribution in [0.2, 0.25) is 0 Å². The van der Waals surface area contributed by atoms with E-state index in [1.54, 1.807) is 32.9 Å². The number of aromatic nitrogens is 1. The molecule has 2 aromatic carbocycles. The predicted molar refractivity (Wildman–Crippen MR) is 135 cm³/mol. The van der Waals surface area contributed by atoms with Crippen molar-refractivity contribution in [2.24, 2.45) is 0 Å². The molecular formula is C27H28F3N3O5. The van der Waals surface area contributed by atoms with Crippen molar-refractivity contribution in [1.29, 1.82) is 0 Å². The zero-order valence-electron chi connectivity index (χ0n) is 21.2. The van der Waals surface area contributed by atoms with Gasteiger partial charge in [0, 0.05) is 19.2 Å². The van der Waals surface area contributed by atoms with Crippen LogP contribution in [0.5, 0.6) is 5.75 Å². The van der Waals surface area contributed by atoms with Crippen LogP contribution in [0.3, 0.4) is 0 Å². The standard InChI is InChI=1S/C27H28F3N3O5/c1-4-37-25(34)26(2,3)38-23-12-7-19(8-13-23)15-16-32(24-14-11-22(17-31-24)33(35)36)18-20-5-9-21(10-6-20)27(28,29)30/h5-14,17H,4,15-16,18H2,1-3H3. The van der Waals surface area contributed by atoms with Gasteiger partial charge in [-0.05, 0) is 68.7 Å². The van der Waals surface area contributed by atoms with Gasteiger partial charge < -0.3 is 14.4 Å². The highest BCUT2D eigenvalue weighted by Crippen LogP contribution is 2.29. The minimum atomic E-state index is -4.43. The van der Waals surface area contributed by atoms with Gasteiger partial charge in [0.1, 0.15) is 17.8 Å². The lowest BCUT2D eigenvalue weighted by Crippen LogP contribution is -2.39. The Kier molecular flexibility index (Phi) is 8.92. The van der Waals surface area contributed by atoms with Gasteiger partial charge in [0.05, 0.1) is 17.1 Å². The number of carbonyl (C=O) groups excluding carboxylic acids is 1. The summed E-state index contributed by atoms with van der Waals surface area (Å²) in [6, 6.07) is 14.8. The molecule has 0 aliphatic heterocycles. The van der Waals surface area contributed by atoms with E-state index in [1.165, 1.54) is 24.3 Å². The third-order valence-electron chi connectivity index (χ3n) is 5.66. The van der Waals surface area contributed by atoms with E-state index in [4.69, 9.17) is 9.47 Å². The molecule has 3 aromatic rings. The van der Waals surface area contributed by atoms with Crippen LogP contribution in [-0.2, 0) is 28.7 Å². The number of pyridine rings is 1. The van der Waals surface area contributed by atoms with Gasteiger partial charge in [-0.1, -0.05) is 24.3 Å². The predicted octanol–water partition coefficient (Wildman–Crippen LogP) is 5.98. The fourth-order valence-corrected chi connectivity index (χ4v) is 3.60. The number of ether oxygens (including phenoxy) is 2. The molecule has 0 amide bonds. The molecule has 8 nitrogen and oxygen atoms in total. The summed E-state index contributed by atoms with van der Waals surface area (Å²) in [5, 5.41) is 11.0. The molecular weight excluding hydrogens is 503 g/mol. The highest BCUT2D eigenvalue weighted by atomic mass is 19.4. The van der Waals surface area contributed by atoms with Crippen LogP contribution < -0.4 is 9.64 Å². The lowest BCUT2D eigenvalue weighted by Gasteiger charge is -2.25. The van der Waals surface area contributed by atoms with Crippen molar-refractivity contribution in [2.45, 2.75) is 45.5 Å². The monoisotopic (exact) mass is 531 g/mol. The molecule has 0 unspecified atom stereocenters. The van der Waals surface area contributed by atoms with Gasteiger partial charge in [0.25, 0.3) is 5.69 Å².